The third kappa shape index (κ3) is 29.7. The van der Waals surface area contributed by atoms with E-state index in [9.17, 15) is 102 Å². The summed E-state index contributed by atoms with van der Waals surface area (Å²) in [5.74, 6) is -18.6. The number of aliphatic carboxylic acids is 1. The van der Waals surface area contributed by atoms with Crippen LogP contribution < -0.4 is 86.7 Å². The number of aliphatic hydroxyl groups excluding tert-OH is 4. The van der Waals surface area contributed by atoms with Gasteiger partial charge in [0.1, 0.15) is 78.3 Å². The van der Waals surface area contributed by atoms with Gasteiger partial charge >= 0.3 is 5.97 Å². The summed E-state index contributed by atoms with van der Waals surface area (Å²) >= 11 is 0. The highest BCUT2D eigenvalue weighted by molar-refractivity contribution is 6.00. The summed E-state index contributed by atoms with van der Waals surface area (Å²) in [6.07, 6.45) is -4.44. The van der Waals surface area contributed by atoms with E-state index in [1.54, 1.807) is 13.8 Å². The minimum Gasteiger partial charge on any atom is -0.508 e. The largest absolute Gasteiger partial charge is 0.508 e. The van der Waals surface area contributed by atoms with E-state index >= 15 is 0 Å². The quantitative estimate of drug-likeness (QED) is 0.0270. The average molecular weight is 1340 g/mol. The molecule has 0 heterocycles. The maximum Gasteiger partial charge on any atom is 0.303 e. The van der Waals surface area contributed by atoms with Crippen molar-refractivity contribution in [1.29, 1.82) is 0 Å². The maximum atomic E-state index is 14.3. The second-order valence-corrected chi connectivity index (χ2v) is 22.0. The third-order valence-electron chi connectivity index (χ3n) is 14.1. The van der Waals surface area contributed by atoms with E-state index in [1.165, 1.54) is 31.2 Å². The molecule has 1 aromatic rings. The molecule has 526 valence electrons. The Hall–Kier alpha value is -9.66. The number of phenolic OH excluding ortho intramolecular Hbond substituents is 1. The molecule has 0 spiro atoms. The number of carboxylic acids is 1. The Morgan fingerprint density at radius 2 is 0.840 bits per heavy atom. The molecule has 1 rings (SSSR count). The van der Waals surface area contributed by atoms with Gasteiger partial charge in [0.25, 0.3) is 0 Å². The number of aliphatic hydroxyl groups is 4. The third-order valence-corrected chi connectivity index (χ3v) is 14.1. The van der Waals surface area contributed by atoms with Gasteiger partial charge in [-0.25, -0.2) is 0 Å². The number of carboxylic acid groups (broad SMARTS) is 1. The number of primary amides is 3. The van der Waals surface area contributed by atoms with Crippen LogP contribution in [-0.2, 0) is 83.1 Å². The van der Waals surface area contributed by atoms with Crippen molar-refractivity contribution in [2.24, 2.45) is 28.9 Å². The number of rotatable bonds is 44. The molecule has 38 nitrogen and oxygen atoms in total. The van der Waals surface area contributed by atoms with E-state index in [0.29, 0.717) is 6.42 Å². The fourth-order valence-electron chi connectivity index (χ4n) is 8.51. The molecule has 0 unspecified atom stereocenters. The van der Waals surface area contributed by atoms with Gasteiger partial charge < -0.3 is 117 Å². The normalized spacial score (nSPS) is 15.4. The Bertz CT molecular complexity index is 2830. The molecule has 14 atom stereocenters. The molecule has 38 heteroatoms. The first-order chi connectivity index (χ1) is 44.0. The minimum atomic E-state index is -1.95. The van der Waals surface area contributed by atoms with Gasteiger partial charge in [-0.1, -0.05) is 32.4 Å². The monoisotopic (exact) mass is 1340 g/mol. The molecule has 0 fully saturated rings. The smallest absolute Gasteiger partial charge is 0.303 e. The number of hydrogen-bond acceptors (Lipinski definition) is 22. The van der Waals surface area contributed by atoms with E-state index in [0.717, 1.165) is 20.8 Å². The number of amides is 15. The van der Waals surface area contributed by atoms with Gasteiger partial charge in [0.2, 0.25) is 88.6 Å². The van der Waals surface area contributed by atoms with Crippen molar-refractivity contribution in [3.05, 3.63) is 29.8 Å². The molecule has 0 radical (unpaired) electrons. The first-order valence-electron chi connectivity index (χ1n) is 29.7. The predicted molar refractivity (Wildman–Crippen MR) is 326 cm³/mol. The van der Waals surface area contributed by atoms with Crippen LogP contribution in [0, 0.1) is 5.92 Å². The number of aromatic hydroxyl groups is 1. The van der Waals surface area contributed by atoms with Gasteiger partial charge in [0.05, 0.1) is 32.3 Å². The summed E-state index contributed by atoms with van der Waals surface area (Å²) < 4.78 is 0. The van der Waals surface area contributed by atoms with Crippen LogP contribution in [0.15, 0.2) is 24.3 Å². The number of nitrogens with one attached hydrogen (secondary N) is 12. The molecule has 94 heavy (non-hydrogen) atoms. The van der Waals surface area contributed by atoms with Crippen molar-refractivity contribution in [2.75, 3.05) is 26.4 Å². The van der Waals surface area contributed by atoms with Crippen LogP contribution in [0.5, 0.6) is 5.75 Å². The molecule has 0 bridgehead atoms. The molecule has 0 saturated carbocycles. The van der Waals surface area contributed by atoms with Crippen LogP contribution in [-0.4, -0.2) is 230 Å². The predicted octanol–water partition coefficient (Wildman–Crippen LogP) is -10.2. The van der Waals surface area contributed by atoms with Crippen LogP contribution in [0.2, 0.25) is 0 Å². The zero-order valence-electron chi connectivity index (χ0n) is 52.8. The number of carbonyl (C=O) groups excluding carboxylic acids is 15. The summed E-state index contributed by atoms with van der Waals surface area (Å²) in [7, 11) is 0. The number of carbonyl (C=O) groups is 16. The summed E-state index contributed by atoms with van der Waals surface area (Å²) in [6, 6.07) is -15.0. The van der Waals surface area contributed by atoms with E-state index in [2.05, 4.69) is 63.8 Å². The molecular weight excluding hydrogens is 1250 g/mol. The Kier molecular flexibility index (Phi) is 36.6. The van der Waals surface area contributed by atoms with Crippen LogP contribution in [0.4, 0.5) is 0 Å². The maximum absolute atomic E-state index is 14.3. The number of hydrogen-bond donors (Lipinski definition) is 22. The lowest BCUT2D eigenvalue weighted by atomic mass is 9.97. The lowest BCUT2D eigenvalue weighted by Crippen LogP contribution is -2.62. The second kappa shape index (κ2) is 41.7. The van der Waals surface area contributed by atoms with E-state index in [1.807, 2.05) is 0 Å². The highest BCUT2D eigenvalue weighted by Crippen LogP contribution is 2.15. The molecule has 0 aliphatic heterocycles. The zero-order valence-corrected chi connectivity index (χ0v) is 52.8. The van der Waals surface area contributed by atoms with Gasteiger partial charge in [0.15, 0.2) is 0 Å². The number of benzene rings is 1. The SMILES string of the molecule is CC[C@H](C)[C@H](NC(=O)[C@H](CCCCN)NC(=O)[C@H](CC(N)=O)NC(=O)[C@H](C)NC(C)=O)C(=O)N[C@@H](CO)C(=O)N[C@@H](Cc1ccc(O)cc1)C(=O)N[C@@H](CCC(N)=O)C(=O)N[C@@H](CO)C(=O)N[C@@H](C)C(=O)N[C@H](CO)C(=O)N[C@H](C(=O)N[C@H](CCC(=O)O)C(N)=O)[C@@H](C)O. The fourth-order valence-corrected chi connectivity index (χ4v) is 8.51. The molecular formula is C56H90N16O22. The van der Waals surface area contributed by atoms with Gasteiger partial charge in [-0.05, 0) is 83.0 Å². The van der Waals surface area contributed by atoms with Crippen LogP contribution in [0.3, 0.4) is 0 Å². The van der Waals surface area contributed by atoms with E-state index < -0.39 is 237 Å². The molecule has 0 aromatic heterocycles. The van der Waals surface area contributed by atoms with Crippen LogP contribution >= 0.6 is 0 Å². The van der Waals surface area contributed by atoms with Crippen molar-refractivity contribution < 1.29 is 107 Å². The molecule has 1 aromatic carbocycles. The van der Waals surface area contributed by atoms with E-state index in [4.69, 9.17) is 28.0 Å². The average Bonchev–Trinajstić information content (AvgIpc) is 0.945. The number of nitrogens with two attached hydrogens (primary N) is 4. The van der Waals surface area contributed by atoms with Gasteiger partial charge in [-0.15, -0.1) is 0 Å². The van der Waals surface area contributed by atoms with Gasteiger partial charge in [0, 0.05) is 26.2 Å². The van der Waals surface area contributed by atoms with Crippen molar-refractivity contribution in [3.8, 4) is 5.75 Å². The molecule has 15 amide bonds. The number of unbranched alkanes of at least 4 members (excludes halogenated alkanes) is 1. The van der Waals surface area contributed by atoms with E-state index in [-0.39, 0.29) is 37.1 Å². The lowest BCUT2D eigenvalue weighted by molar-refractivity contribution is -0.138. The molecule has 0 aliphatic carbocycles. The standard InChI is InChI=1S/C56H90N16O22/c1-7-25(2)43(71-49(87)33(10-8-9-19-57)64-51(89)36(21-41(59)80)66-46(84)26(3)61-29(6)77)55(93)70-38(23-74)53(91)67-35(20-30-11-13-31(78)14-12-30)50(88)65-34(15-17-40(58)79)48(86)69-37(22-73)52(90)62-27(4)47(85)68-39(24-75)54(92)72-44(28(5)76)56(94)63-32(45(60)83)16-18-42(81)82/h11-14,25-28,32-39,43-44,73-76,78H,7-10,15-24,57H2,1-6H3,(H2,58,79)(H2,59,80)(H2,60,83)(H,61,77)(H,62,90)(H,63,94)(H,64,89)(H,65,88)(H,66,84)(H,67,91)(H,68,85)(H,69,86)(H,70,93)(H,71,87)(H,72,92)(H,81,82)/t25-,26-,27-,28+,32+,33-,34-,35-,36-,37-,38-,39+,43-,44-/m0/s1. The molecule has 0 aliphatic rings. The summed E-state index contributed by atoms with van der Waals surface area (Å²) in [6.45, 7) is 4.42. The Labute approximate surface area is 539 Å². The van der Waals surface area contributed by atoms with Crippen molar-refractivity contribution in [3.63, 3.8) is 0 Å². The fraction of sp³-hybridized carbons (Fsp3) is 0.607. The van der Waals surface area contributed by atoms with Crippen molar-refractivity contribution in [2.45, 2.75) is 184 Å². The Morgan fingerprint density at radius 3 is 1.32 bits per heavy atom. The van der Waals surface area contributed by atoms with Crippen molar-refractivity contribution in [1.82, 2.24) is 63.8 Å². The van der Waals surface area contributed by atoms with Crippen LogP contribution in [0.1, 0.15) is 105 Å². The lowest BCUT2D eigenvalue weighted by Gasteiger charge is -2.29. The first-order valence-corrected chi connectivity index (χ1v) is 29.7. The topological polar surface area (TPSA) is 643 Å². The first kappa shape index (κ1) is 82.4. The highest BCUT2D eigenvalue weighted by Gasteiger charge is 2.38. The molecule has 0 saturated heterocycles. The Balaban J connectivity index is 3.48. The second-order valence-electron chi connectivity index (χ2n) is 22.0. The minimum absolute atomic E-state index is 0.0942. The van der Waals surface area contributed by atoms with Crippen molar-refractivity contribution >= 4 is 94.6 Å². The van der Waals surface area contributed by atoms with Gasteiger partial charge in [-0.2, -0.15) is 0 Å². The highest BCUT2D eigenvalue weighted by atomic mass is 16.4. The van der Waals surface area contributed by atoms with Crippen LogP contribution in [0.25, 0.3) is 0 Å². The zero-order chi connectivity index (χ0) is 71.7. The number of phenols is 1. The van der Waals surface area contributed by atoms with Gasteiger partial charge in [-0.3, -0.25) is 76.7 Å². The summed E-state index contributed by atoms with van der Waals surface area (Å²) in [4.78, 5) is 208. The molecule has 26 N–H and O–H groups in total. The summed E-state index contributed by atoms with van der Waals surface area (Å²) in [5, 5.41) is 87.2. The Morgan fingerprint density at radius 1 is 0.447 bits per heavy atom. The summed E-state index contributed by atoms with van der Waals surface area (Å²) in [5.41, 5.74) is 21.9.